The molecule has 0 bridgehead atoms. The van der Waals surface area contributed by atoms with E-state index in [4.69, 9.17) is 21.1 Å². The number of halogens is 1. The first-order valence-corrected chi connectivity index (χ1v) is 7.88. The molecule has 1 aliphatic rings. The van der Waals surface area contributed by atoms with E-state index < -0.39 is 18.2 Å². The van der Waals surface area contributed by atoms with E-state index in [1.54, 1.807) is 43.5 Å². The van der Waals surface area contributed by atoms with Gasteiger partial charge in [0.2, 0.25) is 0 Å². The molecule has 3 amide bonds. The van der Waals surface area contributed by atoms with E-state index in [1.165, 1.54) is 0 Å². The molecule has 2 N–H and O–H groups in total. The number of nitrogens with one attached hydrogen (secondary N) is 2. The van der Waals surface area contributed by atoms with E-state index in [2.05, 4.69) is 10.7 Å². The van der Waals surface area contributed by atoms with Crippen molar-refractivity contribution in [1.82, 2.24) is 10.4 Å². The number of carbonyl (C=O) groups is 2. The standard InChI is InChI=1S/C17H16ClN3O4/c1-24-14-8-2-11(3-9-14)15-10-25-17(23)21(15)20-16(22)19-13-6-4-12(18)5-7-13/h2-9,15H,10H2,1H3,(H2,19,20,22). The Labute approximate surface area is 149 Å². The van der Waals surface area contributed by atoms with Gasteiger partial charge in [0.1, 0.15) is 18.4 Å². The van der Waals surface area contributed by atoms with Crippen LogP contribution in [-0.4, -0.2) is 30.8 Å². The molecule has 0 spiro atoms. The zero-order valence-corrected chi connectivity index (χ0v) is 14.1. The minimum atomic E-state index is -0.618. The Morgan fingerprint density at radius 1 is 1.20 bits per heavy atom. The number of hydrogen-bond donors (Lipinski definition) is 2. The number of rotatable bonds is 4. The lowest BCUT2D eigenvalue weighted by atomic mass is 10.1. The van der Waals surface area contributed by atoms with E-state index in [1.807, 2.05) is 12.1 Å². The molecular formula is C17H16ClN3O4. The van der Waals surface area contributed by atoms with Gasteiger partial charge in [-0.3, -0.25) is 0 Å². The summed E-state index contributed by atoms with van der Waals surface area (Å²) >= 11 is 5.81. The summed E-state index contributed by atoms with van der Waals surface area (Å²) < 4.78 is 10.2. The fourth-order valence-electron chi connectivity index (χ4n) is 2.42. The highest BCUT2D eigenvalue weighted by atomic mass is 35.5. The second-order valence-electron chi connectivity index (χ2n) is 5.31. The zero-order valence-electron chi connectivity index (χ0n) is 13.4. The Morgan fingerprint density at radius 3 is 2.52 bits per heavy atom. The van der Waals surface area contributed by atoms with Gasteiger partial charge in [0, 0.05) is 10.7 Å². The van der Waals surface area contributed by atoms with Crippen molar-refractivity contribution >= 4 is 29.4 Å². The molecule has 130 valence electrons. The van der Waals surface area contributed by atoms with Crippen LogP contribution in [0.15, 0.2) is 48.5 Å². The molecule has 2 aromatic carbocycles. The van der Waals surface area contributed by atoms with E-state index in [0.717, 1.165) is 10.6 Å². The van der Waals surface area contributed by atoms with Crippen LogP contribution in [0.5, 0.6) is 5.75 Å². The Morgan fingerprint density at radius 2 is 1.88 bits per heavy atom. The summed E-state index contributed by atoms with van der Waals surface area (Å²) in [6, 6.07) is 12.8. The van der Waals surface area contributed by atoms with E-state index in [9.17, 15) is 9.59 Å². The third kappa shape index (κ3) is 3.95. The maximum Gasteiger partial charge on any atom is 0.429 e. The molecule has 1 fully saturated rings. The van der Waals surface area contributed by atoms with Crippen LogP contribution in [0, 0.1) is 0 Å². The third-order valence-electron chi connectivity index (χ3n) is 3.70. The Hall–Kier alpha value is -2.93. The fourth-order valence-corrected chi connectivity index (χ4v) is 2.54. The number of urea groups is 1. The lowest BCUT2D eigenvalue weighted by Crippen LogP contribution is -2.46. The van der Waals surface area contributed by atoms with Gasteiger partial charge in [0.25, 0.3) is 0 Å². The van der Waals surface area contributed by atoms with E-state index in [-0.39, 0.29) is 6.61 Å². The molecule has 2 aromatic rings. The van der Waals surface area contributed by atoms with E-state index in [0.29, 0.717) is 16.5 Å². The number of benzene rings is 2. The molecule has 0 aliphatic carbocycles. The minimum absolute atomic E-state index is 0.145. The topological polar surface area (TPSA) is 79.9 Å². The highest BCUT2D eigenvalue weighted by Gasteiger charge is 2.35. The van der Waals surface area contributed by atoms with Gasteiger partial charge in [0.15, 0.2) is 0 Å². The van der Waals surface area contributed by atoms with Crippen molar-refractivity contribution in [3.8, 4) is 5.75 Å². The van der Waals surface area contributed by atoms with Crippen LogP contribution >= 0.6 is 11.6 Å². The van der Waals surface area contributed by atoms with Gasteiger partial charge in [-0.15, -0.1) is 0 Å². The van der Waals surface area contributed by atoms with Crippen molar-refractivity contribution in [2.75, 3.05) is 19.0 Å². The van der Waals surface area contributed by atoms with Crippen LogP contribution < -0.4 is 15.5 Å². The molecule has 1 unspecified atom stereocenters. The number of carbonyl (C=O) groups excluding carboxylic acids is 2. The van der Waals surface area contributed by atoms with Crippen molar-refractivity contribution in [1.29, 1.82) is 0 Å². The van der Waals surface area contributed by atoms with Crippen molar-refractivity contribution in [2.45, 2.75) is 6.04 Å². The van der Waals surface area contributed by atoms with Crippen LogP contribution in [0.25, 0.3) is 0 Å². The SMILES string of the molecule is COc1ccc(C2COC(=O)N2NC(=O)Nc2ccc(Cl)cc2)cc1. The monoisotopic (exact) mass is 361 g/mol. The van der Waals surface area contributed by atoms with Crippen molar-refractivity contribution in [3.63, 3.8) is 0 Å². The number of nitrogens with zero attached hydrogens (tertiary/aromatic N) is 1. The molecule has 0 aromatic heterocycles. The van der Waals surface area contributed by atoms with Gasteiger partial charge in [-0.2, -0.15) is 0 Å². The van der Waals surface area contributed by atoms with Crippen LogP contribution in [0.1, 0.15) is 11.6 Å². The third-order valence-corrected chi connectivity index (χ3v) is 3.95. The van der Waals surface area contributed by atoms with Crippen molar-refractivity contribution in [3.05, 3.63) is 59.1 Å². The van der Waals surface area contributed by atoms with E-state index >= 15 is 0 Å². The summed E-state index contributed by atoms with van der Waals surface area (Å²) in [5.74, 6) is 0.703. The predicted molar refractivity (Wildman–Crippen MR) is 92.5 cm³/mol. The largest absolute Gasteiger partial charge is 0.497 e. The first kappa shape index (κ1) is 16.9. The number of amides is 3. The maximum absolute atomic E-state index is 12.2. The lowest BCUT2D eigenvalue weighted by molar-refractivity contribution is 0.144. The Bertz CT molecular complexity index is 764. The molecular weight excluding hydrogens is 346 g/mol. The van der Waals surface area contributed by atoms with Gasteiger partial charge < -0.3 is 14.8 Å². The van der Waals surface area contributed by atoms with Crippen molar-refractivity contribution < 1.29 is 19.1 Å². The number of anilines is 1. The summed E-state index contributed by atoms with van der Waals surface area (Å²) in [7, 11) is 1.58. The second-order valence-corrected chi connectivity index (χ2v) is 5.75. The number of methoxy groups -OCH3 is 1. The average molecular weight is 362 g/mol. The van der Waals surface area contributed by atoms with Gasteiger partial charge in [0.05, 0.1) is 7.11 Å². The maximum atomic E-state index is 12.2. The zero-order chi connectivity index (χ0) is 17.8. The first-order valence-electron chi connectivity index (χ1n) is 7.50. The molecule has 1 heterocycles. The van der Waals surface area contributed by atoms with Gasteiger partial charge >= 0.3 is 12.1 Å². The summed E-state index contributed by atoms with van der Waals surface area (Å²) in [5.41, 5.74) is 3.88. The quantitative estimate of drug-likeness (QED) is 0.872. The number of hydrogen-bond acceptors (Lipinski definition) is 4. The number of hydrazine groups is 1. The van der Waals surface area contributed by atoms with Gasteiger partial charge in [-0.25, -0.2) is 20.0 Å². The van der Waals surface area contributed by atoms with Gasteiger partial charge in [-0.05, 0) is 42.0 Å². The molecule has 1 saturated heterocycles. The lowest BCUT2D eigenvalue weighted by Gasteiger charge is -2.22. The highest BCUT2D eigenvalue weighted by molar-refractivity contribution is 6.30. The summed E-state index contributed by atoms with van der Waals surface area (Å²) in [6.45, 7) is 0.145. The van der Waals surface area contributed by atoms with Gasteiger partial charge in [-0.1, -0.05) is 23.7 Å². The first-order chi connectivity index (χ1) is 12.1. The molecule has 7 nitrogen and oxygen atoms in total. The molecule has 1 aliphatic heterocycles. The molecule has 0 saturated carbocycles. The van der Waals surface area contributed by atoms with Crippen molar-refractivity contribution in [2.24, 2.45) is 0 Å². The highest BCUT2D eigenvalue weighted by Crippen LogP contribution is 2.27. The van der Waals surface area contributed by atoms with Crippen LogP contribution in [0.3, 0.4) is 0 Å². The number of ether oxygens (including phenoxy) is 2. The van der Waals surface area contributed by atoms with Crippen LogP contribution in [-0.2, 0) is 4.74 Å². The molecule has 1 atom stereocenters. The predicted octanol–water partition coefficient (Wildman–Crippen LogP) is 3.58. The average Bonchev–Trinajstić information content (AvgIpc) is 2.98. The second kappa shape index (κ2) is 7.31. The smallest absolute Gasteiger partial charge is 0.429 e. The Kier molecular flexibility index (Phi) is 4.95. The van der Waals surface area contributed by atoms with Crippen LogP contribution in [0.4, 0.5) is 15.3 Å². The molecule has 8 heteroatoms. The molecule has 0 radical (unpaired) electrons. The van der Waals surface area contributed by atoms with Crippen LogP contribution in [0.2, 0.25) is 5.02 Å². The summed E-state index contributed by atoms with van der Waals surface area (Å²) in [4.78, 5) is 24.1. The normalized spacial score (nSPS) is 16.3. The Balaban J connectivity index is 1.68. The minimum Gasteiger partial charge on any atom is -0.497 e. The molecule has 25 heavy (non-hydrogen) atoms. The number of cyclic esters (lactones) is 1. The summed E-state index contributed by atoms with van der Waals surface area (Å²) in [5, 5.41) is 4.35. The fraction of sp³-hybridized carbons (Fsp3) is 0.176. The summed E-state index contributed by atoms with van der Waals surface area (Å²) in [6.07, 6.45) is -0.618. The molecule has 3 rings (SSSR count).